The third-order valence-electron chi connectivity index (χ3n) is 2.10. The van der Waals surface area contributed by atoms with Gasteiger partial charge in [-0.25, -0.2) is 23.1 Å². The molecule has 0 unspecified atom stereocenters. The van der Waals surface area contributed by atoms with Gasteiger partial charge in [-0.3, -0.25) is 4.98 Å². The largest absolute Gasteiger partial charge is 0.264 e. The normalized spacial score (nSPS) is 11.4. The number of hydrogen-bond donors (Lipinski definition) is 1. The van der Waals surface area contributed by atoms with E-state index in [4.69, 9.17) is 11.6 Å². The van der Waals surface area contributed by atoms with Crippen LogP contribution in [0.5, 0.6) is 0 Å². The highest BCUT2D eigenvalue weighted by molar-refractivity contribution is 7.89. The first kappa shape index (κ1) is 12.9. The minimum absolute atomic E-state index is 0.00112. The number of nitrogens with zero attached hydrogens (tertiary/aromatic N) is 3. The van der Waals surface area contributed by atoms with E-state index in [1.165, 1.54) is 0 Å². The van der Waals surface area contributed by atoms with Crippen molar-refractivity contribution in [2.24, 2.45) is 0 Å². The molecule has 2 aromatic rings. The van der Waals surface area contributed by atoms with Gasteiger partial charge >= 0.3 is 0 Å². The lowest BCUT2D eigenvalue weighted by molar-refractivity contribution is 0.580. The van der Waals surface area contributed by atoms with E-state index in [9.17, 15) is 8.42 Å². The predicted octanol–water partition coefficient (Wildman–Crippen LogP) is 1.00. The number of nitrogens with one attached hydrogen (secondary N) is 1. The maximum Gasteiger partial charge on any atom is 0.243 e. The summed E-state index contributed by atoms with van der Waals surface area (Å²) in [6.45, 7) is 0.152. The van der Waals surface area contributed by atoms with Gasteiger partial charge in [0.25, 0.3) is 0 Å². The number of aromatic nitrogens is 3. The average molecular weight is 285 g/mol. The molecule has 0 aliphatic heterocycles. The van der Waals surface area contributed by atoms with Crippen LogP contribution in [-0.4, -0.2) is 23.4 Å². The maximum absolute atomic E-state index is 11.9. The zero-order valence-corrected chi connectivity index (χ0v) is 10.7. The van der Waals surface area contributed by atoms with E-state index in [-0.39, 0.29) is 16.7 Å². The first-order valence-electron chi connectivity index (χ1n) is 4.94. The Morgan fingerprint density at radius 2 is 1.94 bits per heavy atom. The van der Waals surface area contributed by atoms with Crippen molar-refractivity contribution < 1.29 is 8.42 Å². The lowest BCUT2D eigenvalue weighted by Gasteiger charge is -2.05. The van der Waals surface area contributed by atoms with Crippen LogP contribution in [0.2, 0.25) is 5.28 Å². The SMILES string of the molecule is O=S(=O)(NCc1cccnc1)c1cnc(Cl)nc1. The summed E-state index contributed by atoms with van der Waals surface area (Å²) < 4.78 is 26.1. The van der Waals surface area contributed by atoms with Crippen molar-refractivity contribution in [3.8, 4) is 0 Å². The Balaban J connectivity index is 2.11. The van der Waals surface area contributed by atoms with Gasteiger partial charge in [0.1, 0.15) is 4.90 Å². The van der Waals surface area contributed by atoms with Gasteiger partial charge in [0.15, 0.2) is 0 Å². The molecule has 2 aromatic heterocycles. The molecule has 6 nitrogen and oxygen atoms in total. The Kier molecular flexibility index (Phi) is 3.85. The molecule has 0 aromatic carbocycles. The van der Waals surface area contributed by atoms with Crippen LogP contribution in [0.15, 0.2) is 41.8 Å². The number of sulfonamides is 1. The molecule has 0 amide bonds. The fraction of sp³-hybridized carbons (Fsp3) is 0.100. The van der Waals surface area contributed by atoms with Crippen molar-refractivity contribution in [3.63, 3.8) is 0 Å². The zero-order chi connectivity index (χ0) is 13.0. The molecule has 0 aliphatic rings. The van der Waals surface area contributed by atoms with E-state index in [1.54, 1.807) is 24.5 Å². The second-order valence-corrected chi connectivity index (χ2v) is 5.48. The monoisotopic (exact) mass is 284 g/mol. The summed E-state index contributed by atoms with van der Waals surface area (Å²) in [5.74, 6) is 0. The molecule has 18 heavy (non-hydrogen) atoms. The summed E-state index contributed by atoms with van der Waals surface area (Å²) in [5.41, 5.74) is 0.760. The maximum atomic E-state index is 11.9. The predicted molar refractivity (Wildman–Crippen MR) is 65.3 cm³/mol. The summed E-state index contributed by atoms with van der Waals surface area (Å²) in [4.78, 5) is 11.1. The second kappa shape index (κ2) is 5.38. The van der Waals surface area contributed by atoms with E-state index in [0.717, 1.165) is 18.0 Å². The molecule has 2 heterocycles. The lowest BCUT2D eigenvalue weighted by atomic mass is 10.3. The standard InChI is InChI=1S/C10H9ClN4O2S/c11-10-13-6-9(7-14-10)18(16,17)15-5-8-2-1-3-12-4-8/h1-4,6-7,15H,5H2. The van der Waals surface area contributed by atoms with Crippen LogP contribution >= 0.6 is 11.6 Å². The van der Waals surface area contributed by atoms with Crippen molar-refractivity contribution in [2.75, 3.05) is 0 Å². The van der Waals surface area contributed by atoms with Gasteiger partial charge < -0.3 is 0 Å². The molecular weight excluding hydrogens is 276 g/mol. The number of halogens is 1. The van der Waals surface area contributed by atoms with E-state index in [0.29, 0.717) is 0 Å². The van der Waals surface area contributed by atoms with Gasteiger partial charge in [0.2, 0.25) is 15.3 Å². The second-order valence-electron chi connectivity index (χ2n) is 3.37. The molecule has 0 fully saturated rings. The van der Waals surface area contributed by atoms with Crippen LogP contribution in [0.25, 0.3) is 0 Å². The highest BCUT2D eigenvalue weighted by Gasteiger charge is 2.14. The minimum atomic E-state index is -3.64. The molecule has 0 bridgehead atoms. The topological polar surface area (TPSA) is 84.8 Å². The molecule has 0 spiro atoms. The van der Waals surface area contributed by atoms with Gasteiger partial charge in [-0.05, 0) is 23.2 Å². The molecular formula is C10H9ClN4O2S. The van der Waals surface area contributed by atoms with Crippen molar-refractivity contribution in [3.05, 3.63) is 47.8 Å². The molecule has 94 valence electrons. The van der Waals surface area contributed by atoms with Crippen molar-refractivity contribution in [1.82, 2.24) is 19.7 Å². The molecule has 0 saturated carbocycles. The van der Waals surface area contributed by atoms with Gasteiger partial charge in [-0.1, -0.05) is 6.07 Å². The molecule has 0 saturated heterocycles. The van der Waals surface area contributed by atoms with Crippen LogP contribution in [0, 0.1) is 0 Å². The summed E-state index contributed by atoms with van der Waals surface area (Å²) in [6.07, 6.45) is 5.51. The quantitative estimate of drug-likeness (QED) is 0.847. The Bertz CT molecular complexity index is 616. The third kappa shape index (κ3) is 3.22. The molecule has 0 aliphatic carbocycles. The fourth-order valence-electron chi connectivity index (χ4n) is 1.20. The number of hydrogen-bond acceptors (Lipinski definition) is 5. The van der Waals surface area contributed by atoms with Gasteiger partial charge in [-0.15, -0.1) is 0 Å². The summed E-state index contributed by atoms with van der Waals surface area (Å²) in [5, 5.41) is 0.00112. The van der Waals surface area contributed by atoms with Crippen molar-refractivity contribution in [2.45, 2.75) is 11.4 Å². The fourth-order valence-corrected chi connectivity index (χ4v) is 2.21. The first-order valence-corrected chi connectivity index (χ1v) is 6.80. The third-order valence-corrected chi connectivity index (χ3v) is 3.65. The highest BCUT2D eigenvalue weighted by atomic mass is 35.5. The Morgan fingerprint density at radius 1 is 1.22 bits per heavy atom. The van der Waals surface area contributed by atoms with E-state index < -0.39 is 10.0 Å². The smallest absolute Gasteiger partial charge is 0.243 e. The molecule has 0 atom stereocenters. The van der Waals surface area contributed by atoms with Gasteiger partial charge in [0, 0.05) is 18.9 Å². The van der Waals surface area contributed by atoms with Crippen molar-refractivity contribution >= 4 is 21.6 Å². The molecule has 0 radical (unpaired) electrons. The van der Waals surface area contributed by atoms with Gasteiger partial charge in [-0.2, -0.15) is 0 Å². The highest BCUT2D eigenvalue weighted by Crippen LogP contribution is 2.08. The summed E-state index contributed by atoms with van der Waals surface area (Å²) in [7, 11) is -3.64. The Morgan fingerprint density at radius 3 is 2.56 bits per heavy atom. The molecule has 8 heteroatoms. The van der Waals surface area contributed by atoms with E-state index >= 15 is 0 Å². The average Bonchev–Trinajstić information content (AvgIpc) is 2.38. The van der Waals surface area contributed by atoms with Crippen LogP contribution < -0.4 is 4.72 Å². The summed E-state index contributed by atoms with van der Waals surface area (Å²) >= 11 is 5.49. The van der Waals surface area contributed by atoms with Gasteiger partial charge in [0.05, 0.1) is 12.4 Å². The van der Waals surface area contributed by atoms with E-state index in [1.807, 2.05) is 0 Å². The van der Waals surface area contributed by atoms with Crippen LogP contribution in [0.1, 0.15) is 5.56 Å². The Hall–Kier alpha value is -1.57. The number of rotatable bonds is 4. The molecule has 2 rings (SSSR count). The van der Waals surface area contributed by atoms with Crippen molar-refractivity contribution in [1.29, 1.82) is 0 Å². The first-order chi connectivity index (χ1) is 8.58. The number of pyridine rings is 1. The zero-order valence-electron chi connectivity index (χ0n) is 9.12. The van der Waals surface area contributed by atoms with Crippen LogP contribution in [0.4, 0.5) is 0 Å². The Labute approximate surface area is 109 Å². The summed E-state index contributed by atoms with van der Waals surface area (Å²) in [6, 6.07) is 3.50. The van der Waals surface area contributed by atoms with E-state index in [2.05, 4.69) is 19.7 Å². The van der Waals surface area contributed by atoms with Crippen LogP contribution in [-0.2, 0) is 16.6 Å². The van der Waals surface area contributed by atoms with Crippen LogP contribution in [0.3, 0.4) is 0 Å². The minimum Gasteiger partial charge on any atom is -0.264 e. The molecule has 1 N–H and O–H groups in total. The lowest BCUT2D eigenvalue weighted by Crippen LogP contribution is -2.23.